The van der Waals surface area contributed by atoms with Crippen LogP contribution < -0.4 is 21.3 Å². The number of alkyl halides is 2. The Morgan fingerprint density at radius 2 is 1.84 bits per heavy atom. The normalized spacial score (nSPS) is 14.8. The van der Waals surface area contributed by atoms with Crippen LogP contribution in [-0.4, -0.2) is 60.3 Å². The van der Waals surface area contributed by atoms with Crippen molar-refractivity contribution in [1.29, 1.82) is 0 Å². The minimum absolute atomic E-state index is 0.0348. The molecule has 12 nitrogen and oxygen atoms in total. The second kappa shape index (κ2) is 10.4. The zero-order chi connectivity index (χ0) is 26.9. The lowest BCUT2D eigenvalue weighted by molar-refractivity contribution is -0.124. The zero-order valence-corrected chi connectivity index (χ0v) is 20.3. The maximum absolute atomic E-state index is 12.6. The van der Waals surface area contributed by atoms with Crippen molar-refractivity contribution in [3.05, 3.63) is 61.9 Å². The van der Waals surface area contributed by atoms with Crippen molar-refractivity contribution in [3.8, 4) is 5.75 Å². The van der Waals surface area contributed by atoms with E-state index in [1.165, 1.54) is 59.9 Å². The van der Waals surface area contributed by atoms with Crippen molar-refractivity contribution in [3.63, 3.8) is 0 Å². The molecule has 0 spiro atoms. The molecular weight excluding hydrogens is 514 g/mol. The first-order valence-corrected chi connectivity index (χ1v) is 11.6. The number of carbonyl (C=O) groups is 3. The Morgan fingerprint density at radius 1 is 1.14 bits per heavy atom. The maximum atomic E-state index is 12.6. The van der Waals surface area contributed by atoms with Gasteiger partial charge in [0.05, 0.1) is 11.2 Å². The first kappa shape index (κ1) is 25.8. The largest absolute Gasteiger partial charge is 0.435 e. The number of imide groups is 1. The highest BCUT2D eigenvalue weighted by Gasteiger charge is 2.34. The summed E-state index contributed by atoms with van der Waals surface area (Å²) < 4.78 is 32.2. The molecule has 15 heteroatoms. The number of aryl methyl sites for hydroxylation is 1. The van der Waals surface area contributed by atoms with Gasteiger partial charge < -0.3 is 14.6 Å². The van der Waals surface area contributed by atoms with E-state index in [1.54, 1.807) is 0 Å². The van der Waals surface area contributed by atoms with Gasteiger partial charge in [0.2, 0.25) is 5.91 Å². The summed E-state index contributed by atoms with van der Waals surface area (Å²) in [7, 11) is 2.78. The summed E-state index contributed by atoms with van der Waals surface area (Å²) in [6.45, 7) is -3.34. The monoisotopic (exact) mass is 534 g/mol. The van der Waals surface area contributed by atoms with Crippen molar-refractivity contribution in [2.45, 2.75) is 13.2 Å². The minimum Gasteiger partial charge on any atom is -0.435 e. The highest BCUT2D eigenvalue weighted by Crippen LogP contribution is 2.32. The quantitative estimate of drug-likeness (QED) is 0.421. The highest BCUT2D eigenvalue weighted by atomic mass is 32.2. The van der Waals surface area contributed by atoms with Crippen molar-refractivity contribution in [2.24, 2.45) is 14.1 Å². The number of amides is 3. The number of thioether (sulfide) groups is 1. The highest BCUT2D eigenvalue weighted by molar-refractivity contribution is 8.18. The van der Waals surface area contributed by atoms with E-state index < -0.39 is 34.9 Å². The predicted octanol–water partition coefficient (Wildman–Crippen LogP) is 0.888. The van der Waals surface area contributed by atoms with Gasteiger partial charge in [0.15, 0.2) is 11.2 Å². The number of hydrogen-bond acceptors (Lipinski definition) is 8. The van der Waals surface area contributed by atoms with Gasteiger partial charge in [-0.15, -0.1) is 0 Å². The van der Waals surface area contributed by atoms with Crippen LogP contribution in [0.3, 0.4) is 0 Å². The number of hydrogen-bond donors (Lipinski definition) is 1. The molecule has 1 aliphatic heterocycles. The minimum atomic E-state index is -2.95. The molecule has 4 rings (SSSR count). The molecule has 3 aromatic rings. The molecule has 0 radical (unpaired) electrons. The molecule has 0 saturated carbocycles. The van der Waals surface area contributed by atoms with Crippen LogP contribution in [0.2, 0.25) is 0 Å². The number of rotatable bonds is 8. The summed E-state index contributed by atoms with van der Waals surface area (Å²) >= 11 is 0.718. The van der Waals surface area contributed by atoms with E-state index in [9.17, 15) is 32.8 Å². The van der Waals surface area contributed by atoms with Crippen molar-refractivity contribution in [1.82, 2.24) is 28.9 Å². The average Bonchev–Trinajstić information content (AvgIpc) is 3.38. The molecule has 0 atom stereocenters. The van der Waals surface area contributed by atoms with Gasteiger partial charge in [-0.1, -0.05) is 12.1 Å². The van der Waals surface area contributed by atoms with E-state index in [1.807, 2.05) is 0 Å². The van der Waals surface area contributed by atoms with Gasteiger partial charge in [-0.2, -0.15) is 8.78 Å². The molecule has 1 N–H and O–H groups in total. The van der Waals surface area contributed by atoms with Crippen LogP contribution in [0.1, 0.15) is 5.56 Å². The molecular formula is C22H20F2N6O6S. The Bertz CT molecular complexity index is 1540. The number of halogens is 2. The lowest BCUT2D eigenvalue weighted by Gasteiger charge is -2.13. The zero-order valence-electron chi connectivity index (χ0n) is 19.5. The van der Waals surface area contributed by atoms with Gasteiger partial charge >= 0.3 is 12.3 Å². The molecule has 0 unspecified atom stereocenters. The molecule has 194 valence electrons. The molecule has 1 aromatic carbocycles. The summed E-state index contributed by atoms with van der Waals surface area (Å²) in [5.41, 5.74) is -0.400. The molecule has 2 aromatic heterocycles. The Hall–Kier alpha value is -4.27. The summed E-state index contributed by atoms with van der Waals surface area (Å²) in [5.74, 6) is -1.09. The van der Waals surface area contributed by atoms with Gasteiger partial charge in [-0.05, 0) is 35.5 Å². The van der Waals surface area contributed by atoms with Crippen molar-refractivity contribution < 1.29 is 27.9 Å². The number of imidazole rings is 1. The van der Waals surface area contributed by atoms with E-state index in [-0.39, 0.29) is 41.5 Å². The summed E-state index contributed by atoms with van der Waals surface area (Å²) in [6.07, 6.45) is 2.73. The van der Waals surface area contributed by atoms with Gasteiger partial charge in [-0.25, -0.2) is 9.78 Å². The average molecular weight is 535 g/mol. The smallest absolute Gasteiger partial charge is 0.387 e. The third-order valence-corrected chi connectivity index (χ3v) is 6.37. The first-order chi connectivity index (χ1) is 17.6. The van der Waals surface area contributed by atoms with Crippen LogP contribution in [-0.2, 0) is 30.2 Å². The summed E-state index contributed by atoms with van der Waals surface area (Å²) in [4.78, 5) is 67.1. The Morgan fingerprint density at radius 3 is 2.51 bits per heavy atom. The number of ether oxygens (including phenoxy) is 1. The SMILES string of the molecule is Cn1c(=O)c2c(ncn2CC(=O)NCCN2C(=O)S/C(=C/c3ccc(OC(F)F)cc3)C2=O)n(C)c1=O. The third-order valence-electron chi connectivity index (χ3n) is 5.47. The number of carbonyl (C=O) groups excluding carboxylic acids is 3. The summed E-state index contributed by atoms with van der Waals surface area (Å²) in [6, 6.07) is 5.57. The van der Waals surface area contributed by atoms with Crippen LogP contribution in [0.25, 0.3) is 17.2 Å². The predicted molar refractivity (Wildman–Crippen MR) is 129 cm³/mol. The molecule has 1 fully saturated rings. The Balaban J connectivity index is 1.36. The molecule has 0 aliphatic carbocycles. The molecule has 3 heterocycles. The van der Waals surface area contributed by atoms with E-state index in [0.29, 0.717) is 5.56 Å². The van der Waals surface area contributed by atoms with Crippen LogP contribution in [0, 0.1) is 0 Å². The molecule has 1 saturated heterocycles. The topological polar surface area (TPSA) is 138 Å². The van der Waals surface area contributed by atoms with Crippen LogP contribution in [0.5, 0.6) is 5.75 Å². The fourth-order valence-electron chi connectivity index (χ4n) is 3.62. The number of nitrogens with zero attached hydrogens (tertiary/aromatic N) is 5. The van der Waals surface area contributed by atoms with E-state index >= 15 is 0 Å². The fraction of sp³-hybridized carbons (Fsp3) is 0.273. The van der Waals surface area contributed by atoms with Gasteiger partial charge in [-0.3, -0.25) is 33.2 Å². The van der Waals surface area contributed by atoms with E-state index in [4.69, 9.17) is 0 Å². The second-order valence-electron chi connectivity index (χ2n) is 7.88. The second-order valence-corrected chi connectivity index (χ2v) is 8.87. The third kappa shape index (κ3) is 5.30. The van der Waals surface area contributed by atoms with Gasteiger partial charge in [0.25, 0.3) is 16.7 Å². The Labute approximate surface area is 211 Å². The first-order valence-electron chi connectivity index (χ1n) is 10.7. The standard InChI is InChI=1S/C22H20F2N6O6S/c1-27-17-16(19(33)28(2)21(27)34)29(11-26-17)10-15(31)25-7-8-30-18(32)14(37-22(30)35)9-12-3-5-13(6-4-12)36-20(23)24/h3-6,9,11,20H,7-8,10H2,1-2H3,(H,25,31)/b14-9+. The van der Waals surface area contributed by atoms with E-state index in [0.717, 1.165) is 21.2 Å². The molecule has 3 amide bonds. The molecule has 37 heavy (non-hydrogen) atoms. The molecule has 0 bridgehead atoms. The molecule has 1 aliphatic rings. The van der Waals surface area contributed by atoms with Gasteiger partial charge in [0, 0.05) is 27.2 Å². The summed E-state index contributed by atoms with van der Waals surface area (Å²) in [5, 5.41) is 2.06. The van der Waals surface area contributed by atoms with E-state index in [2.05, 4.69) is 15.0 Å². The van der Waals surface area contributed by atoms with Crippen LogP contribution in [0.4, 0.5) is 13.6 Å². The Kier molecular flexibility index (Phi) is 7.24. The van der Waals surface area contributed by atoms with Crippen molar-refractivity contribution >= 4 is 46.1 Å². The number of aromatic nitrogens is 4. The maximum Gasteiger partial charge on any atom is 0.387 e. The fourth-order valence-corrected chi connectivity index (χ4v) is 4.49. The van der Waals surface area contributed by atoms with Gasteiger partial charge in [0.1, 0.15) is 12.3 Å². The number of benzene rings is 1. The van der Waals surface area contributed by atoms with Crippen molar-refractivity contribution in [2.75, 3.05) is 13.1 Å². The number of nitrogens with one attached hydrogen (secondary N) is 1. The van der Waals surface area contributed by atoms with Crippen LogP contribution >= 0.6 is 11.8 Å². The van der Waals surface area contributed by atoms with Crippen LogP contribution in [0.15, 0.2) is 45.1 Å². The number of fused-ring (bicyclic) bond motifs is 1. The lowest BCUT2D eigenvalue weighted by atomic mass is 10.2. The lowest BCUT2D eigenvalue weighted by Crippen LogP contribution is -2.39.